The van der Waals surface area contributed by atoms with Gasteiger partial charge >= 0.3 is 0 Å². The van der Waals surface area contributed by atoms with Crippen molar-refractivity contribution in [1.29, 1.82) is 0 Å². The first-order chi connectivity index (χ1) is 12.0. The highest BCUT2D eigenvalue weighted by atomic mass is 35.5. The molecule has 1 aromatic rings. The lowest BCUT2D eigenvalue weighted by Gasteiger charge is -2.40. The largest absolute Gasteiger partial charge is 0.484 e. The Labute approximate surface area is 154 Å². The summed E-state index contributed by atoms with van der Waals surface area (Å²) in [5.41, 5.74) is -0.793. The van der Waals surface area contributed by atoms with E-state index in [1.807, 2.05) is 13.8 Å². The lowest BCUT2D eigenvalue weighted by atomic mass is 9.80. The number of carbonyl (C=O) groups excluding carboxylic acids is 2. The van der Waals surface area contributed by atoms with Gasteiger partial charge in [-0.15, -0.1) is 0 Å². The maximum atomic E-state index is 13.0. The molecule has 0 radical (unpaired) electrons. The molecule has 0 aromatic heterocycles. The standard InChI is InChI=1S/C19H27ClN2O3/c1-3-22(4-2)18(24)19(11-6-5-7-12-19)21-17(23)14-25-16-10-8-9-15(20)13-16/h8-10,13H,3-7,11-12,14H2,1-2H3,(H,21,23). The minimum absolute atomic E-state index is 0.0216. The van der Waals surface area contributed by atoms with Crippen molar-refractivity contribution in [2.24, 2.45) is 0 Å². The molecule has 0 spiro atoms. The van der Waals surface area contributed by atoms with Gasteiger partial charge in [-0.25, -0.2) is 0 Å². The van der Waals surface area contributed by atoms with Crippen LogP contribution in [0.2, 0.25) is 5.02 Å². The van der Waals surface area contributed by atoms with Crippen LogP contribution in [0.4, 0.5) is 0 Å². The monoisotopic (exact) mass is 366 g/mol. The molecule has 1 aromatic carbocycles. The number of halogens is 1. The van der Waals surface area contributed by atoms with Gasteiger partial charge in [0.15, 0.2) is 6.61 Å². The molecular weight excluding hydrogens is 340 g/mol. The molecule has 1 N–H and O–H groups in total. The zero-order valence-electron chi connectivity index (χ0n) is 15.0. The number of hydrogen-bond donors (Lipinski definition) is 1. The van der Waals surface area contributed by atoms with Crippen LogP contribution in [0.25, 0.3) is 0 Å². The third kappa shape index (κ3) is 5.11. The van der Waals surface area contributed by atoms with Crippen molar-refractivity contribution < 1.29 is 14.3 Å². The normalized spacial score (nSPS) is 16.1. The molecule has 6 heteroatoms. The molecule has 25 heavy (non-hydrogen) atoms. The first-order valence-electron chi connectivity index (χ1n) is 8.99. The number of hydrogen-bond acceptors (Lipinski definition) is 3. The Kier molecular flexibility index (Phi) is 7.12. The molecule has 1 aliphatic rings. The Hall–Kier alpha value is -1.75. The molecule has 1 fully saturated rings. The Morgan fingerprint density at radius 2 is 1.88 bits per heavy atom. The maximum Gasteiger partial charge on any atom is 0.258 e. The van der Waals surface area contributed by atoms with Gasteiger partial charge in [0.2, 0.25) is 5.91 Å². The first-order valence-corrected chi connectivity index (χ1v) is 9.37. The second kappa shape index (κ2) is 9.09. The van der Waals surface area contributed by atoms with E-state index in [4.69, 9.17) is 16.3 Å². The van der Waals surface area contributed by atoms with Gasteiger partial charge in [0.25, 0.3) is 5.91 Å². The second-order valence-corrected chi connectivity index (χ2v) is 6.85. The molecule has 2 rings (SSSR count). The number of likely N-dealkylation sites (N-methyl/N-ethyl adjacent to an activating group) is 1. The smallest absolute Gasteiger partial charge is 0.258 e. The van der Waals surface area contributed by atoms with E-state index in [2.05, 4.69) is 5.32 Å². The molecule has 138 valence electrons. The van der Waals surface area contributed by atoms with E-state index in [-0.39, 0.29) is 18.4 Å². The lowest BCUT2D eigenvalue weighted by molar-refractivity contribution is -0.143. The van der Waals surface area contributed by atoms with Crippen LogP contribution in [0.1, 0.15) is 46.0 Å². The highest BCUT2D eigenvalue weighted by molar-refractivity contribution is 6.30. The number of rotatable bonds is 7. The van der Waals surface area contributed by atoms with E-state index < -0.39 is 5.54 Å². The van der Waals surface area contributed by atoms with Crippen molar-refractivity contribution in [3.63, 3.8) is 0 Å². The first kappa shape index (κ1) is 19.6. The van der Waals surface area contributed by atoms with Crippen molar-refractivity contribution in [2.45, 2.75) is 51.5 Å². The van der Waals surface area contributed by atoms with E-state index >= 15 is 0 Å². The molecule has 5 nitrogen and oxygen atoms in total. The van der Waals surface area contributed by atoms with Gasteiger partial charge in [-0.1, -0.05) is 36.9 Å². The molecule has 1 saturated carbocycles. The minimum Gasteiger partial charge on any atom is -0.484 e. The number of carbonyl (C=O) groups is 2. The lowest BCUT2D eigenvalue weighted by Crippen LogP contribution is -2.61. The van der Waals surface area contributed by atoms with Crippen molar-refractivity contribution in [3.05, 3.63) is 29.3 Å². The van der Waals surface area contributed by atoms with Crippen LogP contribution in [0.5, 0.6) is 5.75 Å². The van der Waals surface area contributed by atoms with Gasteiger partial charge in [-0.2, -0.15) is 0 Å². The van der Waals surface area contributed by atoms with E-state index in [9.17, 15) is 9.59 Å². The Balaban J connectivity index is 2.03. The minimum atomic E-state index is -0.793. The SMILES string of the molecule is CCN(CC)C(=O)C1(NC(=O)COc2cccc(Cl)c2)CCCCC1. The topological polar surface area (TPSA) is 58.6 Å². The summed E-state index contributed by atoms with van der Waals surface area (Å²) in [6, 6.07) is 6.92. The van der Waals surface area contributed by atoms with E-state index in [0.717, 1.165) is 19.3 Å². The van der Waals surface area contributed by atoms with Crippen LogP contribution in [0.15, 0.2) is 24.3 Å². The fourth-order valence-electron chi connectivity index (χ4n) is 3.37. The summed E-state index contributed by atoms with van der Waals surface area (Å²) in [4.78, 5) is 27.2. The van der Waals surface area contributed by atoms with Gasteiger partial charge in [0.05, 0.1) is 0 Å². The van der Waals surface area contributed by atoms with Crippen LogP contribution in [0.3, 0.4) is 0 Å². The summed E-state index contributed by atoms with van der Waals surface area (Å²) >= 11 is 5.92. The molecule has 0 heterocycles. The van der Waals surface area contributed by atoms with Gasteiger partial charge in [-0.3, -0.25) is 9.59 Å². The van der Waals surface area contributed by atoms with Crippen LogP contribution < -0.4 is 10.1 Å². The highest BCUT2D eigenvalue weighted by Crippen LogP contribution is 2.30. The summed E-state index contributed by atoms with van der Waals surface area (Å²) in [5, 5.41) is 3.53. The second-order valence-electron chi connectivity index (χ2n) is 6.41. The van der Waals surface area contributed by atoms with E-state index in [1.165, 1.54) is 0 Å². The average Bonchev–Trinajstić information content (AvgIpc) is 2.62. The third-order valence-corrected chi connectivity index (χ3v) is 4.95. The van der Waals surface area contributed by atoms with Crippen molar-refractivity contribution in [1.82, 2.24) is 10.2 Å². The summed E-state index contributed by atoms with van der Waals surface area (Å²) in [7, 11) is 0. The van der Waals surface area contributed by atoms with E-state index in [1.54, 1.807) is 29.2 Å². The molecule has 0 saturated heterocycles. The van der Waals surface area contributed by atoms with Crippen molar-refractivity contribution in [3.8, 4) is 5.75 Å². The Morgan fingerprint density at radius 3 is 2.48 bits per heavy atom. The van der Waals surface area contributed by atoms with Crippen molar-refractivity contribution >= 4 is 23.4 Å². The summed E-state index contributed by atoms with van der Waals surface area (Å²) in [6.45, 7) is 5.08. The molecule has 2 amide bonds. The van der Waals surface area contributed by atoms with Crippen LogP contribution in [-0.2, 0) is 9.59 Å². The summed E-state index contributed by atoms with van der Waals surface area (Å²) < 4.78 is 5.51. The van der Waals surface area contributed by atoms with Gasteiger partial charge in [0, 0.05) is 18.1 Å². The molecule has 0 aliphatic heterocycles. The van der Waals surface area contributed by atoms with Gasteiger partial charge < -0.3 is 15.0 Å². The number of nitrogens with one attached hydrogen (secondary N) is 1. The highest BCUT2D eigenvalue weighted by Gasteiger charge is 2.42. The molecule has 0 unspecified atom stereocenters. The molecule has 1 aliphatic carbocycles. The average molecular weight is 367 g/mol. The quantitative estimate of drug-likeness (QED) is 0.804. The Bertz CT molecular complexity index is 596. The van der Waals surface area contributed by atoms with Crippen LogP contribution in [-0.4, -0.2) is 41.9 Å². The molecule has 0 atom stereocenters. The summed E-state index contributed by atoms with van der Waals surface area (Å²) in [6.07, 6.45) is 4.36. The predicted molar refractivity (Wildman–Crippen MR) is 98.8 cm³/mol. The van der Waals surface area contributed by atoms with Crippen LogP contribution in [0, 0.1) is 0 Å². The third-order valence-electron chi connectivity index (χ3n) is 4.71. The predicted octanol–water partition coefficient (Wildman–Crippen LogP) is 3.41. The zero-order chi connectivity index (χ0) is 18.3. The number of benzene rings is 1. The van der Waals surface area contributed by atoms with Gasteiger partial charge in [-0.05, 0) is 44.9 Å². The maximum absolute atomic E-state index is 13.0. The number of ether oxygens (including phenoxy) is 1. The fraction of sp³-hybridized carbons (Fsp3) is 0.579. The van der Waals surface area contributed by atoms with Gasteiger partial charge in [0.1, 0.15) is 11.3 Å². The number of amides is 2. The fourth-order valence-corrected chi connectivity index (χ4v) is 3.55. The van der Waals surface area contributed by atoms with Crippen LogP contribution >= 0.6 is 11.6 Å². The van der Waals surface area contributed by atoms with E-state index in [0.29, 0.717) is 36.7 Å². The number of nitrogens with zero attached hydrogens (tertiary/aromatic N) is 1. The zero-order valence-corrected chi connectivity index (χ0v) is 15.8. The van der Waals surface area contributed by atoms with Crippen molar-refractivity contribution in [2.75, 3.05) is 19.7 Å². The Morgan fingerprint density at radius 1 is 1.20 bits per heavy atom. The molecular formula is C19H27ClN2O3. The molecule has 0 bridgehead atoms. The summed E-state index contributed by atoms with van der Waals surface area (Å²) in [5.74, 6) is 0.283.